The molecule has 2 aromatic carbocycles. The fourth-order valence-corrected chi connectivity index (χ4v) is 4.74. The quantitative estimate of drug-likeness (QED) is 0.257. The van der Waals surface area contributed by atoms with Crippen molar-refractivity contribution in [2.24, 2.45) is 0 Å². The van der Waals surface area contributed by atoms with Crippen LogP contribution in [0.3, 0.4) is 0 Å². The summed E-state index contributed by atoms with van der Waals surface area (Å²) in [5.74, 6) is 0.00389. The molecule has 3 aromatic heterocycles. The first kappa shape index (κ1) is 22.8. The highest BCUT2D eigenvalue weighted by Crippen LogP contribution is 2.20. The van der Waals surface area contributed by atoms with Crippen LogP contribution < -0.4 is 10.9 Å². The second kappa shape index (κ2) is 10.1. The molecule has 0 fully saturated rings. The number of para-hydroxylation sites is 1. The number of nitrogens with zero attached hydrogens (tertiary/aromatic N) is 4. The highest BCUT2D eigenvalue weighted by molar-refractivity contribution is 7.99. The lowest BCUT2D eigenvalue weighted by Crippen LogP contribution is -2.27. The summed E-state index contributed by atoms with van der Waals surface area (Å²) >= 11 is 1.23. The summed E-state index contributed by atoms with van der Waals surface area (Å²) in [5, 5.41) is 4.50. The minimum atomic E-state index is -0.259. The van der Waals surface area contributed by atoms with E-state index in [2.05, 4.69) is 31.3 Å². The molecule has 0 radical (unpaired) electrons. The molecule has 5 rings (SSSR count). The van der Waals surface area contributed by atoms with Gasteiger partial charge in [0.2, 0.25) is 5.91 Å². The number of carbonyl (C=O) groups is 1. The summed E-state index contributed by atoms with van der Waals surface area (Å²) in [6.07, 6.45) is 5.59. The van der Waals surface area contributed by atoms with E-state index < -0.39 is 0 Å². The van der Waals surface area contributed by atoms with Crippen molar-refractivity contribution in [2.45, 2.75) is 31.6 Å². The number of nitrogens with one attached hydrogen (secondary N) is 2. The monoisotopic (exact) mass is 484 g/mol. The smallest absolute Gasteiger partial charge is 0.282 e. The summed E-state index contributed by atoms with van der Waals surface area (Å²) in [7, 11) is 0. The number of rotatable bonds is 8. The summed E-state index contributed by atoms with van der Waals surface area (Å²) < 4.78 is 1.59. The number of benzene rings is 2. The van der Waals surface area contributed by atoms with Gasteiger partial charge < -0.3 is 10.3 Å². The maximum Gasteiger partial charge on any atom is 0.282 e. The van der Waals surface area contributed by atoms with Gasteiger partial charge in [-0.05, 0) is 30.5 Å². The van der Waals surface area contributed by atoms with E-state index in [1.807, 2.05) is 55.6 Å². The molecule has 0 unspecified atom stereocenters. The highest BCUT2D eigenvalue weighted by atomic mass is 32.2. The average Bonchev–Trinajstić information content (AvgIpc) is 3.30. The third-order valence-corrected chi connectivity index (χ3v) is 6.76. The van der Waals surface area contributed by atoms with Crippen LogP contribution in [0.15, 0.2) is 77.1 Å². The van der Waals surface area contributed by atoms with Crippen molar-refractivity contribution in [3.8, 4) is 0 Å². The third-order valence-electron chi connectivity index (χ3n) is 5.78. The average molecular weight is 485 g/mol. The zero-order valence-corrected chi connectivity index (χ0v) is 20.0. The fourth-order valence-electron chi connectivity index (χ4n) is 3.89. The number of hydrogen-bond donors (Lipinski definition) is 2. The van der Waals surface area contributed by atoms with Crippen LogP contribution in [0.2, 0.25) is 0 Å². The summed E-state index contributed by atoms with van der Waals surface area (Å²) in [5.41, 5.74) is 4.61. The van der Waals surface area contributed by atoms with E-state index in [0.29, 0.717) is 24.7 Å². The predicted molar refractivity (Wildman–Crippen MR) is 137 cm³/mol. The van der Waals surface area contributed by atoms with E-state index in [0.717, 1.165) is 22.0 Å². The van der Waals surface area contributed by atoms with Gasteiger partial charge in [0.1, 0.15) is 0 Å². The second-order valence-corrected chi connectivity index (χ2v) is 9.18. The number of aromatic nitrogens is 5. The maximum atomic E-state index is 13.3. The number of aryl methyl sites for hydroxylation is 2. The first-order valence-electron chi connectivity index (χ1n) is 11.3. The van der Waals surface area contributed by atoms with E-state index in [4.69, 9.17) is 0 Å². The normalized spacial score (nSPS) is 11.2. The van der Waals surface area contributed by atoms with Crippen molar-refractivity contribution in [1.29, 1.82) is 0 Å². The Morgan fingerprint density at radius 3 is 2.74 bits per heavy atom. The Bertz CT molecular complexity index is 1560. The summed E-state index contributed by atoms with van der Waals surface area (Å²) in [6.45, 7) is 2.88. The Morgan fingerprint density at radius 1 is 1.09 bits per heavy atom. The third kappa shape index (κ3) is 5.09. The van der Waals surface area contributed by atoms with Crippen LogP contribution in [0.4, 0.5) is 0 Å². The highest BCUT2D eigenvalue weighted by Gasteiger charge is 2.15. The SMILES string of the molecule is Cc1ccc(CNC(=O)CSc2nc3nccnc3c(=O)n2CCc2c[nH]c3ccccc23)cc1. The Balaban J connectivity index is 1.34. The Hall–Kier alpha value is -3.98. The van der Waals surface area contributed by atoms with E-state index in [-0.39, 0.29) is 28.4 Å². The van der Waals surface area contributed by atoms with Gasteiger partial charge in [0.05, 0.1) is 5.75 Å². The maximum absolute atomic E-state index is 13.3. The molecule has 8 nitrogen and oxygen atoms in total. The number of thioether (sulfide) groups is 1. The molecular weight excluding hydrogens is 460 g/mol. The molecule has 5 aromatic rings. The van der Waals surface area contributed by atoms with Gasteiger partial charge in [0, 0.05) is 42.6 Å². The zero-order valence-electron chi connectivity index (χ0n) is 19.2. The Kier molecular flexibility index (Phi) is 6.58. The molecule has 0 bridgehead atoms. The van der Waals surface area contributed by atoms with Gasteiger partial charge in [-0.15, -0.1) is 0 Å². The molecule has 9 heteroatoms. The van der Waals surface area contributed by atoms with E-state index in [9.17, 15) is 9.59 Å². The zero-order chi connectivity index (χ0) is 24.2. The van der Waals surface area contributed by atoms with E-state index in [1.54, 1.807) is 4.57 Å². The van der Waals surface area contributed by atoms with Crippen molar-refractivity contribution in [2.75, 3.05) is 5.75 Å². The van der Waals surface area contributed by atoms with Gasteiger partial charge >= 0.3 is 0 Å². The van der Waals surface area contributed by atoms with Crippen molar-refractivity contribution in [3.05, 3.63) is 94.2 Å². The molecule has 1 amide bonds. The fraction of sp³-hybridized carbons (Fsp3) is 0.192. The van der Waals surface area contributed by atoms with E-state index in [1.165, 1.54) is 29.7 Å². The van der Waals surface area contributed by atoms with E-state index >= 15 is 0 Å². The molecule has 0 atom stereocenters. The largest absolute Gasteiger partial charge is 0.361 e. The molecule has 0 aliphatic carbocycles. The number of aromatic amines is 1. The van der Waals surface area contributed by atoms with Gasteiger partial charge in [-0.2, -0.15) is 0 Å². The molecule has 0 spiro atoms. The van der Waals surface area contributed by atoms with Gasteiger partial charge in [0.25, 0.3) is 5.56 Å². The van der Waals surface area contributed by atoms with Crippen LogP contribution in [0, 0.1) is 6.92 Å². The van der Waals surface area contributed by atoms with Gasteiger partial charge in [0.15, 0.2) is 16.3 Å². The molecule has 176 valence electrons. The predicted octanol–water partition coefficient (Wildman–Crippen LogP) is 3.63. The minimum absolute atomic E-state index is 0.132. The number of H-pyrrole nitrogens is 1. The van der Waals surface area contributed by atoms with Crippen LogP contribution in [-0.4, -0.2) is 36.2 Å². The molecule has 0 saturated carbocycles. The van der Waals surface area contributed by atoms with Crippen LogP contribution in [0.1, 0.15) is 16.7 Å². The molecule has 0 saturated heterocycles. The Morgan fingerprint density at radius 2 is 1.89 bits per heavy atom. The van der Waals surface area contributed by atoms with Crippen LogP contribution in [-0.2, 0) is 24.3 Å². The second-order valence-electron chi connectivity index (χ2n) is 8.24. The van der Waals surface area contributed by atoms with Crippen LogP contribution in [0.5, 0.6) is 0 Å². The molecule has 3 heterocycles. The standard InChI is InChI=1S/C26H24N6O2S/c1-17-6-8-18(9-7-17)14-30-22(33)16-35-26-31-24-23(27-11-12-28-24)25(34)32(26)13-10-19-15-29-21-5-3-2-4-20(19)21/h2-9,11-12,15,29H,10,13-14,16H2,1H3,(H,30,33). The lowest BCUT2D eigenvalue weighted by Gasteiger charge is -2.12. The van der Waals surface area contributed by atoms with Crippen molar-refractivity contribution in [1.82, 2.24) is 29.8 Å². The van der Waals surface area contributed by atoms with Gasteiger partial charge in [-0.3, -0.25) is 14.2 Å². The molecule has 0 aliphatic rings. The van der Waals surface area contributed by atoms with Crippen molar-refractivity contribution in [3.63, 3.8) is 0 Å². The summed E-state index contributed by atoms with van der Waals surface area (Å²) in [4.78, 5) is 42.0. The first-order chi connectivity index (χ1) is 17.1. The van der Waals surface area contributed by atoms with Crippen LogP contribution in [0.25, 0.3) is 22.1 Å². The molecule has 2 N–H and O–H groups in total. The lowest BCUT2D eigenvalue weighted by molar-refractivity contribution is -0.118. The van der Waals surface area contributed by atoms with Crippen LogP contribution >= 0.6 is 11.8 Å². The first-order valence-corrected chi connectivity index (χ1v) is 12.3. The molecular formula is C26H24N6O2S. The number of hydrogen-bond acceptors (Lipinski definition) is 6. The van der Waals surface area contributed by atoms with Crippen molar-refractivity contribution < 1.29 is 4.79 Å². The van der Waals surface area contributed by atoms with Crippen molar-refractivity contribution >= 4 is 39.7 Å². The molecule has 0 aliphatic heterocycles. The van der Waals surface area contributed by atoms with Gasteiger partial charge in [-0.25, -0.2) is 15.0 Å². The number of fused-ring (bicyclic) bond motifs is 2. The minimum Gasteiger partial charge on any atom is -0.361 e. The topological polar surface area (TPSA) is 106 Å². The lowest BCUT2D eigenvalue weighted by atomic mass is 10.1. The number of carbonyl (C=O) groups excluding carboxylic acids is 1. The molecule has 35 heavy (non-hydrogen) atoms. The number of amides is 1. The summed E-state index contributed by atoms with van der Waals surface area (Å²) in [6, 6.07) is 16.1. The Labute approximate surface area is 205 Å². The van der Waals surface area contributed by atoms with Gasteiger partial charge in [-0.1, -0.05) is 59.8 Å².